The predicted molar refractivity (Wildman–Crippen MR) is 98.4 cm³/mol. The van der Waals surface area contributed by atoms with Crippen LogP contribution in [-0.2, 0) is 0 Å². The van der Waals surface area contributed by atoms with Crippen LogP contribution in [0, 0.1) is 0 Å². The van der Waals surface area contributed by atoms with Crippen LogP contribution >= 0.6 is 0 Å². The van der Waals surface area contributed by atoms with Crippen molar-refractivity contribution in [2.75, 3.05) is 20.3 Å². The van der Waals surface area contributed by atoms with Crippen LogP contribution in [-0.4, -0.2) is 36.6 Å². The predicted octanol–water partition coefficient (Wildman–Crippen LogP) is 3.74. The van der Waals surface area contributed by atoms with Crippen molar-refractivity contribution in [1.82, 2.24) is 0 Å². The Balaban J connectivity index is 2.58. The molecule has 0 spiro atoms. The highest BCUT2D eigenvalue weighted by Gasteiger charge is 2.06. The summed E-state index contributed by atoms with van der Waals surface area (Å²) in [6, 6.07) is 5.62. The molecule has 0 fully saturated rings. The molecule has 0 aliphatic carbocycles. The fourth-order valence-corrected chi connectivity index (χ4v) is 2.08. The number of ether oxygens (including phenoxy) is 2. The van der Waals surface area contributed by atoms with E-state index in [9.17, 15) is 5.11 Å². The zero-order chi connectivity index (χ0) is 17.9. The Morgan fingerprint density at radius 2 is 2.04 bits per heavy atom. The van der Waals surface area contributed by atoms with E-state index in [2.05, 4.69) is 6.58 Å². The minimum atomic E-state index is -0.450. The van der Waals surface area contributed by atoms with E-state index in [4.69, 9.17) is 14.6 Å². The third kappa shape index (κ3) is 7.02. The van der Waals surface area contributed by atoms with E-state index in [1.54, 1.807) is 13.2 Å². The van der Waals surface area contributed by atoms with Gasteiger partial charge in [0.25, 0.3) is 0 Å². The minimum Gasteiger partial charge on any atom is -0.493 e. The quantitative estimate of drug-likeness (QED) is 0.641. The highest BCUT2D eigenvalue weighted by atomic mass is 16.5. The van der Waals surface area contributed by atoms with E-state index in [1.165, 1.54) is 0 Å². The first-order chi connectivity index (χ1) is 11.5. The number of aliphatic hydroxyl groups is 2. The summed E-state index contributed by atoms with van der Waals surface area (Å²) < 4.78 is 11.1. The van der Waals surface area contributed by atoms with Gasteiger partial charge in [-0.3, -0.25) is 0 Å². The maximum absolute atomic E-state index is 9.74. The lowest BCUT2D eigenvalue weighted by Gasteiger charge is -2.11. The van der Waals surface area contributed by atoms with E-state index >= 15 is 0 Å². The van der Waals surface area contributed by atoms with Crippen molar-refractivity contribution < 1.29 is 19.7 Å². The van der Waals surface area contributed by atoms with E-state index in [1.807, 2.05) is 44.2 Å². The van der Waals surface area contributed by atoms with Crippen LogP contribution in [0.4, 0.5) is 0 Å². The first-order valence-corrected chi connectivity index (χ1v) is 8.05. The van der Waals surface area contributed by atoms with Crippen LogP contribution < -0.4 is 9.47 Å². The van der Waals surface area contributed by atoms with Gasteiger partial charge in [-0.1, -0.05) is 35.9 Å². The number of hydrogen-bond acceptors (Lipinski definition) is 4. The van der Waals surface area contributed by atoms with Gasteiger partial charge in [-0.15, -0.1) is 0 Å². The second-order valence-electron chi connectivity index (χ2n) is 5.76. The van der Waals surface area contributed by atoms with E-state index < -0.39 is 6.10 Å². The number of methoxy groups -OCH3 is 1. The summed E-state index contributed by atoms with van der Waals surface area (Å²) in [6.07, 6.45) is 6.52. The molecule has 4 heteroatoms. The molecule has 132 valence electrons. The molecule has 0 bridgehead atoms. The number of aliphatic hydroxyl groups excluding tert-OH is 2. The summed E-state index contributed by atoms with van der Waals surface area (Å²) in [7, 11) is 1.60. The Hall–Kier alpha value is -2.04. The SMILES string of the molecule is C=C(C)[C@H](O)CCC(C)=CCOc1ccc(C=CCO)cc1OC. The van der Waals surface area contributed by atoms with Crippen LogP contribution in [0.3, 0.4) is 0 Å². The average molecular weight is 332 g/mol. The summed E-state index contributed by atoms with van der Waals surface area (Å²) in [4.78, 5) is 0. The standard InChI is InChI=1S/C20H28O4/c1-15(2)18(22)9-7-16(3)11-13-24-19-10-8-17(6-5-12-21)14-20(19)23-4/h5-6,8,10-11,14,18,21-22H,1,7,9,12-13H2,2-4H3/t18-/m1/s1. The van der Waals surface area contributed by atoms with E-state index in [0.29, 0.717) is 24.5 Å². The highest BCUT2D eigenvalue weighted by molar-refractivity contribution is 5.55. The Morgan fingerprint density at radius 1 is 1.29 bits per heavy atom. The van der Waals surface area contributed by atoms with Gasteiger partial charge in [0.2, 0.25) is 0 Å². The maximum Gasteiger partial charge on any atom is 0.161 e. The van der Waals surface area contributed by atoms with Crippen LogP contribution in [0.2, 0.25) is 0 Å². The molecule has 4 nitrogen and oxygen atoms in total. The average Bonchev–Trinajstić information content (AvgIpc) is 2.58. The first kappa shape index (κ1) is 20.0. The third-order valence-corrected chi connectivity index (χ3v) is 3.65. The number of rotatable bonds is 10. The zero-order valence-electron chi connectivity index (χ0n) is 14.8. The molecule has 0 aliphatic heterocycles. The molecular weight excluding hydrogens is 304 g/mol. The largest absolute Gasteiger partial charge is 0.493 e. The molecule has 2 N–H and O–H groups in total. The molecule has 24 heavy (non-hydrogen) atoms. The van der Waals surface area contributed by atoms with Crippen molar-refractivity contribution in [3.05, 3.63) is 53.6 Å². The molecular formula is C20H28O4. The molecule has 0 aliphatic rings. The van der Waals surface area contributed by atoms with Crippen molar-refractivity contribution in [3.63, 3.8) is 0 Å². The maximum atomic E-state index is 9.74. The van der Waals surface area contributed by atoms with Gasteiger partial charge in [0, 0.05) is 0 Å². The van der Waals surface area contributed by atoms with E-state index in [0.717, 1.165) is 23.1 Å². The summed E-state index contributed by atoms with van der Waals surface area (Å²) in [6.45, 7) is 8.05. The second-order valence-corrected chi connectivity index (χ2v) is 5.76. The lowest BCUT2D eigenvalue weighted by molar-refractivity contribution is 0.201. The minimum absolute atomic E-state index is 0.00468. The third-order valence-electron chi connectivity index (χ3n) is 3.65. The summed E-state index contributed by atoms with van der Waals surface area (Å²) in [5.41, 5.74) is 2.89. The molecule has 0 unspecified atom stereocenters. The zero-order valence-corrected chi connectivity index (χ0v) is 14.8. The molecule has 0 heterocycles. The van der Waals surface area contributed by atoms with Gasteiger partial charge < -0.3 is 19.7 Å². The van der Waals surface area contributed by atoms with Crippen molar-refractivity contribution in [2.24, 2.45) is 0 Å². The molecule has 0 saturated carbocycles. The number of benzene rings is 1. The molecule has 1 atom stereocenters. The number of hydrogen-bond donors (Lipinski definition) is 2. The fourth-order valence-electron chi connectivity index (χ4n) is 2.08. The molecule has 0 radical (unpaired) electrons. The number of allylic oxidation sites excluding steroid dienone is 1. The van der Waals surface area contributed by atoms with Crippen molar-refractivity contribution >= 4 is 6.08 Å². The van der Waals surface area contributed by atoms with Crippen molar-refractivity contribution in [1.29, 1.82) is 0 Å². The fraction of sp³-hybridized carbons (Fsp3) is 0.400. The highest BCUT2D eigenvalue weighted by Crippen LogP contribution is 2.28. The van der Waals surface area contributed by atoms with Crippen molar-refractivity contribution in [2.45, 2.75) is 32.8 Å². The first-order valence-electron chi connectivity index (χ1n) is 8.05. The monoisotopic (exact) mass is 332 g/mol. The van der Waals surface area contributed by atoms with Crippen LogP contribution in [0.15, 0.2) is 48.1 Å². The van der Waals surface area contributed by atoms with Gasteiger partial charge in [-0.2, -0.15) is 0 Å². The van der Waals surface area contributed by atoms with Gasteiger partial charge in [0.05, 0.1) is 19.8 Å². The smallest absolute Gasteiger partial charge is 0.161 e. The summed E-state index contributed by atoms with van der Waals surface area (Å²) >= 11 is 0. The molecule has 1 aromatic carbocycles. The Morgan fingerprint density at radius 3 is 2.67 bits per heavy atom. The lowest BCUT2D eigenvalue weighted by Crippen LogP contribution is -2.07. The normalized spacial score (nSPS) is 13.1. The van der Waals surface area contributed by atoms with Gasteiger partial charge in [0.1, 0.15) is 6.61 Å². The molecule has 1 rings (SSSR count). The van der Waals surface area contributed by atoms with Gasteiger partial charge >= 0.3 is 0 Å². The van der Waals surface area contributed by atoms with Crippen LogP contribution in [0.1, 0.15) is 32.3 Å². The molecule has 0 saturated heterocycles. The Kier molecular flexibility index (Phi) is 8.90. The molecule has 1 aromatic rings. The summed E-state index contributed by atoms with van der Waals surface area (Å²) in [5, 5.41) is 18.6. The topological polar surface area (TPSA) is 58.9 Å². The second kappa shape index (κ2) is 10.7. The van der Waals surface area contributed by atoms with Gasteiger partial charge in [-0.05, 0) is 50.5 Å². The van der Waals surface area contributed by atoms with Gasteiger partial charge in [0.15, 0.2) is 11.5 Å². The summed E-state index contributed by atoms with van der Waals surface area (Å²) in [5.74, 6) is 1.32. The van der Waals surface area contributed by atoms with Crippen LogP contribution in [0.25, 0.3) is 6.08 Å². The van der Waals surface area contributed by atoms with Crippen molar-refractivity contribution in [3.8, 4) is 11.5 Å². The van der Waals surface area contributed by atoms with Crippen LogP contribution in [0.5, 0.6) is 11.5 Å². The molecule has 0 aromatic heterocycles. The Labute approximate surface area is 144 Å². The van der Waals surface area contributed by atoms with E-state index in [-0.39, 0.29) is 6.61 Å². The molecule has 0 amide bonds. The Bertz CT molecular complexity index is 587. The lowest BCUT2D eigenvalue weighted by atomic mass is 10.0. The van der Waals surface area contributed by atoms with Gasteiger partial charge in [-0.25, -0.2) is 0 Å².